The van der Waals surface area contributed by atoms with Gasteiger partial charge in [-0.1, -0.05) is 48.5 Å². The van der Waals surface area contributed by atoms with Crippen LogP contribution in [0.25, 0.3) is 11.1 Å². The molecule has 9 heteroatoms. The minimum absolute atomic E-state index is 0.0661. The maximum atomic E-state index is 12.8. The molecular weight excluding hydrogens is 452 g/mol. The summed E-state index contributed by atoms with van der Waals surface area (Å²) in [6.07, 6.45) is -0.989. The number of amides is 2. The number of alkyl carbamates (subject to hydrolysis) is 1. The maximum Gasteiger partial charge on any atom is 0.407 e. The Morgan fingerprint density at radius 3 is 2.03 bits per heavy atom. The van der Waals surface area contributed by atoms with E-state index >= 15 is 0 Å². The minimum atomic E-state index is -1.30. The van der Waals surface area contributed by atoms with Crippen molar-refractivity contribution in [3.8, 4) is 11.1 Å². The molecule has 188 valence electrons. The minimum Gasteiger partial charge on any atom is -0.480 e. The highest BCUT2D eigenvalue weighted by Crippen LogP contribution is 2.44. The van der Waals surface area contributed by atoms with Crippen molar-refractivity contribution >= 4 is 18.0 Å². The van der Waals surface area contributed by atoms with Gasteiger partial charge in [0.05, 0.1) is 12.2 Å². The number of hydrogen-bond donors (Lipinski definition) is 4. The highest BCUT2D eigenvalue weighted by Gasteiger charge is 2.31. The van der Waals surface area contributed by atoms with Crippen molar-refractivity contribution in [1.82, 2.24) is 10.6 Å². The predicted molar refractivity (Wildman–Crippen MR) is 129 cm³/mol. The molecule has 1 aliphatic carbocycles. The third kappa shape index (κ3) is 6.80. The van der Waals surface area contributed by atoms with Gasteiger partial charge < -0.3 is 30.3 Å². The number of aliphatic carboxylic acids is 1. The molecule has 0 saturated heterocycles. The molecule has 2 amide bonds. The number of carboxylic acids is 1. The van der Waals surface area contributed by atoms with Crippen molar-refractivity contribution < 1.29 is 34.1 Å². The lowest BCUT2D eigenvalue weighted by Gasteiger charge is -2.25. The van der Waals surface area contributed by atoms with Crippen molar-refractivity contribution in [3.63, 3.8) is 0 Å². The molecule has 0 aromatic heterocycles. The van der Waals surface area contributed by atoms with Gasteiger partial charge in [-0.15, -0.1) is 0 Å². The molecule has 0 radical (unpaired) electrons. The van der Waals surface area contributed by atoms with E-state index in [0.29, 0.717) is 0 Å². The molecule has 35 heavy (non-hydrogen) atoms. The zero-order valence-corrected chi connectivity index (χ0v) is 20.1. The van der Waals surface area contributed by atoms with Gasteiger partial charge in [-0.2, -0.15) is 0 Å². The quantitative estimate of drug-likeness (QED) is 0.407. The van der Waals surface area contributed by atoms with Crippen LogP contribution >= 0.6 is 0 Å². The van der Waals surface area contributed by atoms with E-state index in [1.807, 2.05) is 48.5 Å². The van der Waals surface area contributed by atoms with Crippen LogP contribution in [0.2, 0.25) is 0 Å². The summed E-state index contributed by atoms with van der Waals surface area (Å²) in [5.41, 5.74) is 3.70. The molecule has 1 aliphatic rings. The lowest BCUT2D eigenvalue weighted by molar-refractivity contribution is -0.143. The Labute approximate surface area is 204 Å². The SMILES string of the molecule is CC(C)(C)OC[C@H](NC(=O)OCC1c2ccccc2-c2ccccc21)C(=O)N[C@@H](CCO)C(=O)O. The molecule has 0 heterocycles. The molecular formula is C26H32N2O7. The lowest BCUT2D eigenvalue weighted by atomic mass is 9.98. The van der Waals surface area contributed by atoms with Crippen molar-refractivity contribution in [1.29, 1.82) is 0 Å². The van der Waals surface area contributed by atoms with E-state index in [4.69, 9.17) is 14.6 Å². The normalized spacial score (nSPS) is 14.4. The standard InChI is InChI=1S/C26H32N2O7/c1-26(2,3)35-15-22(23(30)27-21(12-13-29)24(31)32)28-25(33)34-14-20-18-10-6-4-8-16(18)17-9-5-7-11-19(17)20/h4-11,20-22,29H,12-15H2,1-3H3,(H,27,30)(H,28,33)(H,31,32)/t21-,22-/m0/s1. The Morgan fingerprint density at radius 1 is 0.943 bits per heavy atom. The van der Waals surface area contributed by atoms with Crippen LogP contribution in [0.5, 0.6) is 0 Å². The molecule has 4 N–H and O–H groups in total. The summed E-state index contributed by atoms with van der Waals surface area (Å²) in [6.45, 7) is 4.84. The molecule has 0 aliphatic heterocycles. The highest BCUT2D eigenvalue weighted by atomic mass is 16.5. The van der Waals surface area contributed by atoms with E-state index in [1.54, 1.807) is 20.8 Å². The first-order valence-corrected chi connectivity index (χ1v) is 11.5. The highest BCUT2D eigenvalue weighted by molar-refractivity contribution is 5.89. The molecule has 2 aromatic carbocycles. The van der Waals surface area contributed by atoms with Crippen molar-refractivity contribution in [2.45, 2.75) is 50.8 Å². The number of carbonyl (C=O) groups excluding carboxylic acids is 2. The maximum absolute atomic E-state index is 12.8. The topological polar surface area (TPSA) is 134 Å². The van der Waals surface area contributed by atoms with Crippen LogP contribution < -0.4 is 10.6 Å². The van der Waals surface area contributed by atoms with E-state index < -0.39 is 42.3 Å². The fraction of sp³-hybridized carbons (Fsp3) is 0.423. The monoisotopic (exact) mass is 484 g/mol. The third-order valence-electron chi connectivity index (χ3n) is 5.67. The van der Waals surface area contributed by atoms with Gasteiger partial charge in [-0.3, -0.25) is 4.79 Å². The molecule has 0 spiro atoms. The third-order valence-corrected chi connectivity index (χ3v) is 5.67. The Morgan fingerprint density at radius 2 is 1.51 bits per heavy atom. The van der Waals surface area contributed by atoms with Gasteiger partial charge in [0, 0.05) is 18.9 Å². The number of fused-ring (bicyclic) bond motifs is 3. The number of nitrogens with one attached hydrogen (secondary N) is 2. The average molecular weight is 485 g/mol. The van der Waals surface area contributed by atoms with Crippen LogP contribution in [0.4, 0.5) is 4.79 Å². The molecule has 0 unspecified atom stereocenters. The Bertz CT molecular complexity index is 1020. The number of benzene rings is 2. The summed E-state index contributed by atoms with van der Waals surface area (Å²) in [4.78, 5) is 36.8. The van der Waals surface area contributed by atoms with E-state index in [9.17, 15) is 19.5 Å². The van der Waals surface area contributed by atoms with Crippen LogP contribution in [0.15, 0.2) is 48.5 Å². The summed E-state index contributed by atoms with van der Waals surface area (Å²) in [5, 5.41) is 23.2. The summed E-state index contributed by atoms with van der Waals surface area (Å²) in [5.74, 6) is -2.18. The Balaban J connectivity index is 1.68. The largest absolute Gasteiger partial charge is 0.480 e. The molecule has 0 saturated carbocycles. The summed E-state index contributed by atoms with van der Waals surface area (Å²) >= 11 is 0. The van der Waals surface area contributed by atoms with E-state index in [-0.39, 0.29) is 25.6 Å². The molecule has 0 fully saturated rings. The molecule has 0 bridgehead atoms. The average Bonchev–Trinajstić information content (AvgIpc) is 3.13. The van der Waals surface area contributed by atoms with Gasteiger partial charge in [-0.25, -0.2) is 9.59 Å². The number of hydrogen-bond acceptors (Lipinski definition) is 6. The second kappa shape index (κ2) is 11.3. The van der Waals surface area contributed by atoms with Crippen LogP contribution in [-0.4, -0.2) is 65.7 Å². The van der Waals surface area contributed by atoms with Gasteiger partial charge in [-0.05, 0) is 43.0 Å². The second-order valence-electron chi connectivity index (χ2n) is 9.36. The fourth-order valence-corrected chi connectivity index (χ4v) is 3.96. The van der Waals surface area contributed by atoms with Crippen LogP contribution in [0, 0.1) is 0 Å². The number of aliphatic hydroxyl groups excluding tert-OH is 1. The Hall–Kier alpha value is -3.43. The van der Waals surface area contributed by atoms with Gasteiger partial charge in [0.2, 0.25) is 5.91 Å². The molecule has 2 atom stereocenters. The molecule has 2 aromatic rings. The summed E-state index contributed by atoms with van der Waals surface area (Å²) < 4.78 is 11.2. The second-order valence-corrected chi connectivity index (χ2v) is 9.36. The predicted octanol–water partition coefficient (Wildman–Crippen LogP) is 2.66. The van der Waals surface area contributed by atoms with Crippen molar-refractivity contribution in [2.24, 2.45) is 0 Å². The molecule has 3 rings (SSSR count). The number of carbonyl (C=O) groups is 3. The number of carboxylic acid groups (broad SMARTS) is 1. The number of rotatable bonds is 10. The van der Waals surface area contributed by atoms with Crippen LogP contribution in [0.3, 0.4) is 0 Å². The summed E-state index contributed by atoms with van der Waals surface area (Å²) in [7, 11) is 0. The van der Waals surface area contributed by atoms with Gasteiger partial charge in [0.25, 0.3) is 0 Å². The zero-order chi connectivity index (χ0) is 25.6. The van der Waals surface area contributed by atoms with E-state index in [1.165, 1.54) is 0 Å². The van der Waals surface area contributed by atoms with Crippen LogP contribution in [0.1, 0.15) is 44.2 Å². The smallest absolute Gasteiger partial charge is 0.407 e. The van der Waals surface area contributed by atoms with Crippen LogP contribution in [-0.2, 0) is 19.1 Å². The van der Waals surface area contributed by atoms with Crippen molar-refractivity contribution in [2.75, 3.05) is 19.8 Å². The first-order valence-electron chi connectivity index (χ1n) is 11.5. The first-order chi connectivity index (χ1) is 16.6. The van der Waals surface area contributed by atoms with Crippen molar-refractivity contribution in [3.05, 3.63) is 59.7 Å². The number of aliphatic hydroxyl groups is 1. The fourth-order valence-electron chi connectivity index (χ4n) is 3.96. The first kappa shape index (κ1) is 26.2. The molecule has 9 nitrogen and oxygen atoms in total. The van der Waals surface area contributed by atoms with Gasteiger partial charge in [0.1, 0.15) is 18.7 Å². The van der Waals surface area contributed by atoms with Gasteiger partial charge in [0.15, 0.2) is 0 Å². The van der Waals surface area contributed by atoms with E-state index in [0.717, 1.165) is 22.3 Å². The van der Waals surface area contributed by atoms with E-state index in [2.05, 4.69) is 10.6 Å². The van der Waals surface area contributed by atoms with Gasteiger partial charge >= 0.3 is 12.1 Å². The Kier molecular flexibility index (Phi) is 8.48. The zero-order valence-electron chi connectivity index (χ0n) is 20.1. The number of ether oxygens (including phenoxy) is 2. The lowest BCUT2D eigenvalue weighted by Crippen LogP contribution is -2.54. The summed E-state index contributed by atoms with van der Waals surface area (Å²) in [6, 6.07) is 13.4.